The number of phenols is 1. The molecule has 1 amide bonds. The molecular weight excluding hydrogens is 228 g/mol. The van der Waals surface area contributed by atoms with Crippen LogP contribution in [0.2, 0.25) is 0 Å². The van der Waals surface area contributed by atoms with Gasteiger partial charge in [0.15, 0.2) is 0 Å². The predicted molar refractivity (Wildman–Crippen MR) is 73.5 cm³/mol. The molecule has 0 aliphatic heterocycles. The predicted octanol–water partition coefficient (Wildman–Crippen LogP) is 2.26. The van der Waals surface area contributed by atoms with Gasteiger partial charge in [0, 0.05) is 12.2 Å². The number of carbonyl (C=O) groups excluding carboxylic acids is 1. The first kappa shape index (κ1) is 14.5. The number of phenolic OH excluding ortho intramolecular Hbond substituents is 1. The summed E-state index contributed by atoms with van der Waals surface area (Å²) >= 11 is 0. The van der Waals surface area contributed by atoms with E-state index < -0.39 is 0 Å². The molecule has 100 valence electrons. The monoisotopic (exact) mass is 250 g/mol. The maximum absolute atomic E-state index is 12.1. The number of hydrogen-bond acceptors (Lipinski definition) is 3. The van der Waals surface area contributed by atoms with Crippen LogP contribution in [-0.2, 0) is 4.79 Å². The van der Waals surface area contributed by atoms with Gasteiger partial charge in [-0.25, -0.2) is 0 Å². The molecule has 4 nitrogen and oxygen atoms in total. The van der Waals surface area contributed by atoms with Crippen LogP contribution in [0.3, 0.4) is 0 Å². The third-order valence-corrected chi connectivity index (χ3v) is 2.88. The molecule has 0 radical (unpaired) electrons. The number of aryl methyl sites for hydroxylation is 1. The second-order valence-corrected chi connectivity index (χ2v) is 5.05. The Hall–Kier alpha value is -1.55. The van der Waals surface area contributed by atoms with Crippen LogP contribution in [0.15, 0.2) is 18.2 Å². The molecular formula is C14H22N2O2. The van der Waals surface area contributed by atoms with Gasteiger partial charge in [-0.3, -0.25) is 4.79 Å². The van der Waals surface area contributed by atoms with Gasteiger partial charge in [0.05, 0.1) is 5.92 Å². The maximum Gasteiger partial charge on any atom is 0.228 e. The fourth-order valence-corrected chi connectivity index (χ4v) is 1.90. The van der Waals surface area contributed by atoms with E-state index in [4.69, 9.17) is 5.73 Å². The Morgan fingerprint density at radius 3 is 2.61 bits per heavy atom. The lowest BCUT2D eigenvalue weighted by atomic mass is 9.96. The lowest BCUT2D eigenvalue weighted by molar-refractivity contribution is -0.120. The summed E-state index contributed by atoms with van der Waals surface area (Å²) in [4.78, 5) is 12.1. The number of amides is 1. The Labute approximate surface area is 108 Å². The highest BCUT2D eigenvalue weighted by molar-refractivity contribution is 5.93. The summed E-state index contributed by atoms with van der Waals surface area (Å²) in [6.07, 6.45) is 0.777. The maximum atomic E-state index is 12.1. The highest BCUT2D eigenvalue weighted by Crippen LogP contribution is 2.21. The molecule has 0 spiro atoms. The number of carbonyl (C=O) groups is 1. The molecule has 1 rings (SSSR count). The lowest BCUT2D eigenvalue weighted by Gasteiger charge is -2.17. The molecule has 0 aliphatic carbocycles. The number of nitrogens with one attached hydrogen (secondary N) is 1. The van der Waals surface area contributed by atoms with E-state index in [1.165, 1.54) is 0 Å². The van der Waals surface area contributed by atoms with E-state index in [1.54, 1.807) is 18.2 Å². The Bertz CT molecular complexity index is 416. The molecule has 18 heavy (non-hydrogen) atoms. The average molecular weight is 250 g/mol. The molecule has 1 atom stereocenters. The number of aromatic hydroxyl groups is 1. The van der Waals surface area contributed by atoms with Crippen molar-refractivity contribution in [3.8, 4) is 5.75 Å². The molecule has 0 saturated carbocycles. The van der Waals surface area contributed by atoms with Gasteiger partial charge in [0.2, 0.25) is 5.91 Å². The molecule has 0 saturated heterocycles. The largest absolute Gasteiger partial charge is 0.508 e. The summed E-state index contributed by atoms with van der Waals surface area (Å²) in [6, 6.07) is 4.88. The van der Waals surface area contributed by atoms with E-state index in [9.17, 15) is 9.90 Å². The first-order valence-corrected chi connectivity index (χ1v) is 6.24. The van der Waals surface area contributed by atoms with E-state index in [2.05, 4.69) is 19.2 Å². The number of nitrogens with two attached hydrogens (primary N) is 1. The summed E-state index contributed by atoms with van der Waals surface area (Å²) in [5.41, 5.74) is 7.20. The highest BCUT2D eigenvalue weighted by Gasteiger charge is 2.18. The third-order valence-electron chi connectivity index (χ3n) is 2.88. The van der Waals surface area contributed by atoms with Crippen molar-refractivity contribution in [1.29, 1.82) is 0 Å². The van der Waals surface area contributed by atoms with Crippen LogP contribution in [-0.4, -0.2) is 17.6 Å². The van der Waals surface area contributed by atoms with Gasteiger partial charge in [-0.05, 0) is 43.0 Å². The molecule has 1 aromatic carbocycles. The Kier molecular flexibility index (Phi) is 5.16. The molecule has 0 bridgehead atoms. The highest BCUT2D eigenvalue weighted by atomic mass is 16.3. The van der Waals surface area contributed by atoms with Crippen LogP contribution in [0.25, 0.3) is 0 Å². The molecule has 0 aromatic heterocycles. The fraction of sp³-hybridized carbons (Fsp3) is 0.500. The SMILES string of the molecule is Cc1cc(O)ccc1NC(=O)C(CN)CC(C)C. The molecule has 0 aliphatic rings. The molecule has 4 N–H and O–H groups in total. The number of hydrogen-bond donors (Lipinski definition) is 3. The number of anilines is 1. The second-order valence-electron chi connectivity index (χ2n) is 5.05. The minimum atomic E-state index is -0.168. The standard InChI is InChI=1S/C14H22N2O2/c1-9(2)6-11(8-15)14(18)16-13-5-4-12(17)7-10(13)3/h4-5,7,9,11,17H,6,8,15H2,1-3H3,(H,16,18). The Morgan fingerprint density at radius 1 is 1.44 bits per heavy atom. The van der Waals surface area contributed by atoms with Gasteiger partial charge in [0.1, 0.15) is 5.75 Å². The first-order chi connectivity index (χ1) is 8.43. The van der Waals surface area contributed by atoms with Crippen molar-refractivity contribution in [3.05, 3.63) is 23.8 Å². The summed E-state index contributed by atoms with van der Waals surface area (Å²) in [7, 11) is 0. The van der Waals surface area contributed by atoms with Gasteiger partial charge in [-0.2, -0.15) is 0 Å². The first-order valence-electron chi connectivity index (χ1n) is 6.24. The minimum Gasteiger partial charge on any atom is -0.508 e. The molecule has 1 unspecified atom stereocenters. The topological polar surface area (TPSA) is 75.3 Å². The van der Waals surface area contributed by atoms with Crippen molar-refractivity contribution in [3.63, 3.8) is 0 Å². The lowest BCUT2D eigenvalue weighted by Crippen LogP contribution is -2.30. The Balaban J connectivity index is 2.73. The average Bonchev–Trinajstić information content (AvgIpc) is 2.29. The third kappa shape index (κ3) is 4.04. The molecule has 0 fully saturated rings. The van der Waals surface area contributed by atoms with Gasteiger partial charge < -0.3 is 16.2 Å². The fourth-order valence-electron chi connectivity index (χ4n) is 1.90. The summed E-state index contributed by atoms with van der Waals surface area (Å²) in [6.45, 7) is 6.33. The summed E-state index contributed by atoms with van der Waals surface area (Å²) < 4.78 is 0. The van der Waals surface area contributed by atoms with Crippen LogP contribution in [0.5, 0.6) is 5.75 Å². The van der Waals surface area contributed by atoms with E-state index in [1.807, 2.05) is 6.92 Å². The van der Waals surface area contributed by atoms with E-state index in [-0.39, 0.29) is 17.6 Å². The quantitative estimate of drug-likeness (QED) is 0.702. The van der Waals surface area contributed by atoms with Crippen LogP contribution in [0.1, 0.15) is 25.8 Å². The van der Waals surface area contributed by atoms with Crippen LogP contribution in [0, 0.1) is 18.8 Å². The van der Waals surface area contributed by atoms with Gasteiger partial charge >= 0.3 is 0 Å². The summed E-state index contributed by atoms with van der Waals surface area (Å²) in [5, 5.41) is 12.2. The van der Waals surface area contributed by atoms with Crippen molar-refractivity contribution < 1.29 is 9.90 Å². The van der Waals surface area contributed by atoms with Crippen molar-refractivity contribution in [2.75, 3.05) is 11.9 Å². The number of benzene rings is 1. The minimum absolute atomic E-state index is 0.0556. The zero-order valence-corrected chi connectivity index (χ0v) is 11.2. The van der Waals surface area contributed by atoms with Crippen molar-refractivity contribution in [2.45, 2.75) is 27.2 Å². The van der Waals surface area contributed by atoms with Gasteiger partial charge in [-0.1, -0.05) is 13.8 Å². The summed E-state index contributed by atoms with van der Waals surface area (Å²) in [5.74, 6) is 0.409. The zero-order valence-electron chi connectivity index (χ0n) is 11.2. The van der Waals surface area contributed by atoms with E-state index in [0.717, 1.165) is 17.7 Å². The van der Waals surface area contributed by atoms with Crippen LogP contribution < -0.4 is 11.1 Å². The van der Waals surface area contributed by atoms with Gasteiger partial charge in [0.25, 0.3) is 0 Å². The van der Waals surface area contributed by atoms with Crippen LogP contribution >= 0.6 is 0 Å². The molecule has 1 aromatic rings. The van der Waals surface area contributed by atoms with Crippen molar-refractivity contribution >= 4 is 11.6 Å². The van der Waals surface area contributed by atoms with E-state index >= 15 is 0 Å². The normalized spacial score (nSPS) is 12.5. The van der Waals surface area contributed by atoms with Gasteiger partial charge in [-0.15, -0.1) is 0 Å². The zero-order chi connectivity index (χ0) is 13.7. The van der Waals surface area contributed by atoms with Crippen molar-refractivity contribution in [2.24, 2.45) is 17.6 Å². The van der Waals surface area contributed by atoms with Crippen LogP contribution in [0.4, 0.5) is 5.69 Å². The number of rotatable bonds is 5. The second kappa shape index (κ2) is 6.40. The smallest absolute Gasteiger partial charge is 0.228 e. The van der Waals surface area contributed by atoms with E-state index in [0.29, 0.717) is 12.5 Å². The van der Waals surface area contributed by atoms with Crippen molar-refractivity contribution in [1.82, 2.24) is 0 Å². The molecule has 4 heteroatoms. The molecule has 0 heterocycles. The Morgan fingerprint density at radius 2 is 2.11 bits per heavy atom.